The van der Waals surface area contributed by atoms with Gasteiger partial charge in [0, 0.05) is 0 Å². The standard InChI is InChI=1S/C22H29NO2SSe/c1-5-9-21-22(27-20-10-7-6-8-11-20)17(3)18(4)23(21)26(24,25)19-14-12-16(2)13-15-19/h6-8,10-15,17-18,21-22H,5,9H2,1-4H3/t17-,18+,21-,22+/m1/s1. The summed E-state index contributed by atoms with van der Waals surface area (Å²) in [6, 6.07) is 17.9. The van der Waals surface area contributed by atoms with Gasteiger partial charge in [-0.25, -0.2) is 0 Å². The molecule has 146 valence electrons. The molecule has 0 radical (unpaired) electrons. The predicted octanol–water partition coefficient (Wildman–Crippen LogP) is 4.01. The SMILES string of the molecule is CCC[C@@H]1[C@@H]([Se]c2ccccc2)[C@H](C)[C@H](C)N1S(=O)(=O)c1ccc(C)cc1. The Bertz CT molecular complexity index is 852. The zero-order valence-corrected chi connectivity index (χ0v) is 19.0. The van der Waals surface area contributed by atoms with Crippen LogP contribution in [0.3, 0.4) is 0 Å². The molecule has 3 rings (SSSR count). The summed E-state index contributed by atoms with van der Waals surface area (Å²) in [5, 5.41) is 0. The third kappa shape index (κ3) is 4.17. The number of sulfonamides is 1. The average Bonchev–Trinajstić information content (AvgIpc) is 2.88. The molecule has 1 heterocycles. The van der Waals surface area contributed by atoms with Crippen molar-refractivity contribution in [1.29, 1.82) is 0 Å². The van der Waals surface area contributed by atoms with E-state index in [1.165, 1.54) is 4.46 Å². The molecule has 0 bridgehead atoms. The number of hydrogen-bond donors (Lipinski definition) is 0. The molecule has 0 saturated carbocycles. The van der Waals surface area contributed by atoms with Gasteiger partial charge in [0.05, 0.1) is 0 Å². The molecule has 0 spiro atoms. The van der Waals surface area contributed by atoms with Gasteiger partial charge in [0.1, 0.15) is 0 Å². The van der Waals surface area contributed by atoms with Gasteiger partial charge in [-0.1, -0.05) is 0 Å². The second kappa shape index (κ2) is 8.48. The second-order valence-corrected chi connectivity index (χ2v) is 12.0. The van der Waals surface area contributed by atoms with Crippen LogP contribution >= 0.6 is 0 Å². The fraction of sp³-hybridized carbons (Fsp3) is 0.455. The Hall–Kier alpha value is -1.13. The first kappa shape index (κ1) is 20.6. The summed E-state index contributed by atoms with van der Waals surface area (Å²) < 4.78 is 30.2. The molecule has 1 fully saturated rings. The third-order valence-electron chi connectivity index (χ3n) is 5.58. The Morgan fingerprint density at radius 2 is 1.63 bits per heavy atom. The van der Waals surface area contributed by atoms with Crippen molar-refractivity contribution in [2.75, 3.05) is 0 Å². The van der Waals surface area contributed by atoms with Gasteiger partial charge in [-0.05, 0) is 0 Å². The van der Waals surface area contributed by atoms with Crippen molar-refractivity contribution >= 4 is 29.4 Å². The number of rotatable bonds is 6. The van der Waals surface area contributed by atoms with Crippen molar-refractivity contribution in [3.8, 4) is 0 Å². The minimum atomic E-state index is -3.49. The van der Waals surface area contributed by atoms with E-state index < -0.39 is 10.0 Å². The summed E-state index contributed by atoms with van der Waals surface area (Å²) in [4.78, 5) is 0.816. The number of aryl methyl sites for hydroxylation is 1. The van der Waals surface area contributed by atoms with E-state index in [2.05, 4.69) is 45.0 Å². The van der Waals surface area contributed by atoms with Gasteiger partial charge < -0.3 is 0 Å². The summed E-state index contributed by atoms with van der Waals surface area (Å²) in [6.07, 6.45) is 1.91. The van der Waals surface area contributed by atoms with Crippen molar-refractivity contribution in [3.63, 3.8) is 0 Å². The van der Waals surface area contributed by atoms with Gasteiger partial charge >= 0.3 is 171 Å². The van der Waals surface area contributed by atoms with Crippen LogP contribution in [0.5, 0.6) is 0 Å². The van der Waals surface area contributed by atoms with E-state index in [9.17, 15) is 8.42 Å². The minimum absolute atomic E-state index is 0.0171. The number of nitrogens with zero attached hydrogens (tertiary/aromatic N) is 1. The Labute approximate surface area is 170 Å². The Morgan fingerprint density at radius 1 is 1.00 bits per heavy atom. The molecule has 1 aliphatic rings. The number of hydrogen-bond acceptors (Lipinski definition) is 2. The maximum absolute atomic E-state index is 13.5. The van der Waals surface area contributed by atoms with E-state index >= 15 is 0 Å². The molecule has 27 heavy (non-hydrogen) atoms. The van der Waals surface area contributed by atoms with Crippen molar-refractivity contribution in [2.45, 2.75) is 62.3 Å². The Kier molecular flexibility index (Phi) is 6.47. The zero-order valence-electron chi connectivity index (χ0n) is 16.5. The molecule has 1 saturated heterocycles. The van der Waals surface area contributed by atoms with Crippen LogP contribution in [0.25, 0.3) is 0 Å². The van der Waals surface area contributed by atoms with E-state index in [-0.39, 0.29) is 27.0 Å². The van der Waals surface area contributed by atoms with Gasteiger partial charge in [0.2, 0.25) is 0 Å². The maximum atomic E-state index is 13.5. The normalized spacial score (nSPS) is 26.4. The average molecular weight is 451 g/mol. The van der Waals surface area contributed by atoms with Crippen molar-refractivity contribution in [3.05, 3.63) is 60.2 Å². The van der Waals surface area contributed by atoms with Crippen molar-refractivity contribution < 1.29 is 8.42 Å². The third-order valence-corrected chi connectivity index (χ3v) is 10.9. The molecule has 5 heteroatoms. The summed E-state index contributed by atoms with van der Waals surface area (Å²) >= 11 is 0.256. The van der Waals surface area contributed by atoms with Crippen LogP contribution in [-0.2, 0) is 10.0 Å². The van der Waals surface area contributed by atoms with Crippen molar-refractivity contribution in [1.82, 2.24) is 4.31 Å². The molecule has 1 aliphatic heterocycles. The van der Waals surface area contributed by atoms with Crippen molar-refractivity contribution in [2.24, 2.45) is 5.92 Å². The first-order chi connectivity index (χ1) is 12.9. The fourth-order valence-electron chi connectivity index (χ4n) is 3.96. The Balaban J connectivity index is 1.97. The molecule has 2 aromatic carbocycles. The first-order valence-corrected chi connectivity index (χ1v) is 13.0. The van der Waals surface area contributed by atoms with Crippen LogP contribution in [0.4, 0.5) is 0 Å². The van der Waals surface area contributed by atoms with E-state index in [4.69, 9.17) is 0 Å². The zero-order chi connectivity index (χ0) is 19.6. The van der Waals surface area contributed by atoms with E-state index in [1.54, 1.807) is 12.1 Å². The van der Waals surface area contributed by atoms with Gasteiger partial charge in [0.25, 0.3) is 0 Å². The Morgan fingerprint density at radius 3 is 2.22 bits per heavy atom. The van der Waals surface area contributed by atoms with Crippen LogP contribution in [0.2, 0.25) is 4.82 Å². The molecule has 4 atom stereocenters. The first-order valence-electron chi connectivity index (χ1n) is 9.68. The van der Waals surface area contributed by atoms with E-state index in [0.717, 1.165) is 18.4 Å². The molecule has 0 unspecified atom stereocenters. The molecule has 3 nitrogen and oxygen atoms in total. The molecule has 0 amide bonds. The molecule has 2 aromatic rings. The van der Waals surface area contributed by atoms with Gasteiger partial charge in [0.15, 0.2) is 0 Å². The van der Waals surface area contributed by atoms with Crippen LogP contribution in [-0.4, -0.2) is 39.8 Å². The van der Waals surface area contributed by atoms with Crippen LogP contribution < -0.4 is 4.46 Å². The monoisotopic (exact) mass is 451 g/mol. The number of benzene rings is 2. The van der Waals surface area contributed by atoms with Gasteiger partial charge in [-0.3, -0.25) is 0 Å². The summed E-state index contributed by atoms with van der Waals surface area (Å²) in [5.74, 6) is 0.349. The van der Waals surface area contributed by atoms with Crippen LogP contribution in [0.15, 0.2) is 59.5 Å². The van der Waals surface area contributed by atoms with E-state index in [1.807, 2.05) is 29.4 Å². The summed E-state index contributed by atoms with van der Waals surface area (Å²) in [5.41, 5.74) is 1.08. The topological polar surface area (TPSA) is 37.4 Å². The molecule has 0 N–H and O–H groups in total. The molecule has 0 aromatic heterocycles. The van der Waals surface area contributed by atoms with Crippen LogP contribution in [0.1, 0.15) is 39.2 Å². The summed E-state index contributed by atoms with van der Waals surface area (Å²) in [6.45, 7) is 8.44. The second-order valence-electron chi connectivity index (χ2n) is 7.50. The molecular weight excluding hydrogens is 421 g/mol. The van der Waals surface area contributed by atoms with Gasteiger partial charge in [-0.2, -0.15) is 0 Å². The van der Waals surface area contributed by atoms with Gasteiger partial charge in [-0.15, -0.1) is 0 Å². The van der Waals surface area contributed by atoms with E-state index in [0.29, 0.717) is 15.6 Å². The fourth-order valence-corrected chi connectivity index (χ4v) is 9.22. The quantitative estimate of drug-likeness (QED) is 0.624. The summed E-state index contributed by atoms with van der Waals surface area (Å²) in [7, 11) is -3.49. The molecular formula is C22H29NO2SSe. The molecule has 0 aliphatic carbocycles. The predicted molar refractivity (Wildman–Crippen MR) is 113 cm³/mol. The van der Waals surface area contributed by atoms with Crippen LogP contribution in [0, 0.1) is 12.8 Å².